The molecule has 3 aromatic rings. The van der Waals surface area contributed by atoms with Crippen LogP contribution in [-0.4, -0.2) is 17.8 Å². The van der Waals surface area contributed by atoms with Crippen LogP contribution >= 0.6 is 39.1 Å². The number of nitrogens with one attached hydrogen (secondary N) is 1. The third kappa shape index (κ3) is 5.14. The summed E-state index contributed by atoms with van der Waals surface area (Å²) in [6.45, 7) is 0.148. The van der Waals surface area contributed by atoms with Gasteiger partial charge in [0.2, 0.25) is 0 Å². The van der Waals surface area contributed by atoms with Crippen molar-refractivity contribution in [3.8, 4) is 5.75 Å². The fraction of sp³-hybridized carbons (Fsp3) is 0.0417. The summed E-state index contributed by atoms with van der Waals surface area (Å²) in [6.07, 6.45) is 1.33. The van der Waals surface area contributed by atoms with Crippen LogP contribution in [0.25, 0.3) is 6.08 Å². The fourth-order valence-corrected chi connectivity index (χ4v) is 3.89. The first-order valence-corrected chi connectivity index (χ1v) is 11.3. The molecule has 1 aliphatic rings. The second-order valence-electron chi connectivity index (χ2n) is 7.15. The molecule has 1 fully saturated rings. The van der Waals surface area contributed by atoms with Crippen LogP contribution in [-0.2, 0) is 16.2 Å². The molecule has 1 N–H and O–H groups in total. The first-order valence-electron chi connectivity index (χ1n) is 9.76. The van der Waals surface area contributed by atoms with E-state index >= 15 is 0 Å². The lowest BCUT2D eigenvalue weighted by Crippen LogP contribution is -2.54. The molecule has 0 atom stereocenters. The van der Waals surface area contributed by atoms with Gasteiger partial charge < -0.3 is 4.74 Å². The minimum atomic E-state index is -0.927. The number of nitrogens with zero attached hydrogens (tertiary/aromatic N) is 1. The topological polar surface area (TPSA) is 75.7 Å². The Morgan fingerprint density at radius 1 is 0.971 bits per heavy atom. The summed E-state index contributed by atoms with van der Waals surface area (Å²) >= 11 is 15.4. The van der Waals surface area contributed by atoms with Crippen molar-refractivity contribution in [1.82, 2.24) is 5.32 Å². The number of halogens is 4. The van der Waals surface area contributed by atoms with Crippen molar-refractivity contribution in [1.29, 1.82) is 0 Å². The lowest BCUT2D eigenvalue weighted by molar-refractivity contribution is -0.122. The number of benzene rings is 3. The molecule has 0 bridgehead atoms. The molecule has 0 aliphatic carbocycles. The van der Waals surface area contributed by atoms with Crippen LogP contribution < -0.4 is 15.0 Å². The number of carbonyl (C=O) groups excluding carboxylic acids is 3. The van der Waals surface area contributed by atoms with Gasteiger partial charge in [-0.1, -0.05) is 45.2 Å². The maximum Gasteiger partial charge on any atom is 0.335 e. The van der Waals surface area contributed by atoms with Crippen molar-refractivity contribution < 1.29 is 23.5 Å². The Morgan fingerprint density at radius 2 is 1.71 bits per heavy atom. The van der Waals surface area contributed by atoms with Crippen molar-refractivity contribution in [3.05, 3.63) is 97.7 Å². The number of carbonyl (C=O) groups is 3. The molecule has 0 aromatic heterocycles. The van der Waals surface area contributed by atoms with Gasteiger partial charge in [0.25, 0.3) is 11.8 Å². The zero-order valence-corrected chi connectivity index (χ0v) is 20.2. The number of ether oxygens (including phenoxy) is 1. The van der Waals surface area contributed by atoms with E-state index in [2.05, 4.69) is 21.2 Å². The second kappa shape index (κ2) is 9.97. The Kier molecular flexibility index (Phi) is 7.02. The summed E-state index contributed by atoms with van der Waals surface area (Å²) in [5.74, 6) is -1.86. The number of anilines is 1. The number of barbiturate groups is 1. The Balaban J connectivity index is 1.66. The number of imide groups is 2. The van der Waals surface area contributed by atoms with Crippen LogP contribution in [0.15, 0.2) is 70.7 Å². The van der Waals surface area contributed by atoms with Gasteiger partial charge in [0.05, 0.1) is 15.7 Å². The summed E-state index contributed by atoms with van der Waals surface area (Å²) in [6, 6.07) is 14.0. The number of amides is 4. The maximum atomic E-state index is 13.3. The van der Waals surface area contributed by atoms with Crippen molar-refractivity contribution >= 4 is 68.7 Å². The van der Waals surface area contributed by atoms with E-state index in [1.54, 1.807) is 36.4 Å². The SMILES string of the molecule is O=C1NC(=O)N(c2ccc(F)cc2)C(=O)/C1=C/c1cc(Br)ccc1OCc1ccc(Cl)c(Cl)c1. The normalized spacial score (nSPS) is 15.0. The van der Waals surface area contributed by atoms with Crippen LogP contribution in [0.5, 0.6) is 5.75 Å². The molecule has 4 amide bonds. The zero-order valence-electron chi connectivity index (χ0n) is 17.2. The molecular formula is C24H14BrCl2FN2O4. The summed E-state index contributed by atoms with van der Waals surface area (Å²) < 4.78 is 19.9. The van der Waals surface area contributed by atoms with E-state index in [4.69, 9.17) is 27.9 Å². The molecule has 10 heteroatoms. The van der Waals surface area contributed by atoms with Gasteiger partial charge in [0, 0.05) is 10.0 Å². The van der Waals surface area contributed by atoms with E-state index in [0.717, 1.165) is 22.6 Å². The van der Waals surface area contributed by atoms with Crippen molar-refractivity contribution in [3.63, 3.8) is 0 Å². The van der Waals surface area contributed by atoms with Gasteiger partial charge in [-0.3, -0.25) is 14.9 Å². The lowest BCUT2D eigenvalue weighted by atomic mass is 10.1. The number of urea groups is 1. The molecule has 1 heterocycles. The van der Waals surface area contributed by atoms with Crippen LogP contribution in [0.3, 0.4) is 0 Å². The lowest BCUT2D eigenvalue weighted by Gasteiger charge is -2.26. The smallest absolute Gasteiger partial charge is 0.335 e. The monoisotopic (exact) mass is 562 g/mol. The number of hydrogen-bond donors (Lipinski definition) is 1. The molecular weight excluding hydrogens is 550 g/mol. The highest BCUT2D eigenvalue weighted by Crippen LogP contribution is 2.29. The Labute approximate surface area is 212 Å². The van der Waals surface area contributed by atoms with Crippen LogP contribution in [0.2, 0.25) is 10.0 Å². The Morgan fingerprint density at radius 3 is 2.41 bits per heavy atom. The van der Waals surface area contributed by atoms with Gasteiger partial charge in [0.1, 0.15) is 23.7 Å². The molecule has 1 saturated heterocycles. The minimum absolute atomic E-state index is 0.118. The van der Waals surface area contributed by atoms with Gasteiger partial charge in [0.15, 0.2) is 0 Å². The predicted octanol–water partition coefficient (Wildman–Crippen LogP) is 6.14. The van der Waals surface area contributed by atoms with E-state index in [9.17, 15) is 18.8 Å². The molecule has 0 spiro atoms. The van der Waals surface area contributed by atoms with Crippen LogP contribution in [0.4, 0.5) is 14.9 Å². The first-order chi connectivity index (χ1) is 16.2. The molecule has 0 saturated carbocycles. The highest BCUT2D eigenvalue weighted by molar-refractivity contribution is 9.10. The second-order valence-corrected chi connectivity index (χ2v) is 8.88. The Hall–Kier alpha value is -3.20. The van der Waals surface area contributed by atoms with E-state index < -0.39 is 23.7 Å². The van der Waals surface area contributed by atoms with Crippen LogP contribution in [0.1, 0.15) is 11.1 Å². The molecule has 0 unspecified atom stereocenters. The van der Waals surface area contributed by atoms with Gasteiger partial charge >= 0.3 is 6.03 Å². The minimum Gasteiger partial charge on any atom is -0.488 e. The van der Waals surface area contributed by atoms with Gasteiger partial charge in [-0.15, -0.1) is 0 Å². The van der Waals surface area contributed by atoms with E-state index in [0.29, 0.717) is 25.8 Å². The maximum absolute atomic E-state index is 13.3. The molecule has 34 heavy (non-hydrogen) atoms. The summed E-state index contributed by atoms with van der Waals surface area (Å²) in [5, 5.41) is 2.94. The average molecular weight is 564 g/mol. The standard InChI is InChI=1S/C24H14BrCl2FN2O4/c25-15-2-8-21(34-12-13-1-7-19(26)20(27)9-13)14(10-15)11-18-22(31)29-24(33)30(23(18)32)17-5-3-16(28)4-6-17/h1-11H,12H2,(H,29,31,33)/b18-11+. The van der Waals surface area contributed by atoms with E-state index in [1.807, 2.05) is 0 Å². The van der Waals surface area contributed by atoms with Crippen molar-refractivity contribution in [2.75, 3.05) is 4.90 Å². The van der Waals surface area contributed by atoms with Gasteiger partial charge in [-0.05, 0) is 66.2 Å². The number of rotatable bonds is 5. The highest BCUT2D eigenvalue weighted by Gasteiger charge is 2.37. The third-order valence-electron chi connectivity index (χ3n) is 4.84. The summed E-state index contributed by atoms with van der Waals surface area (Å²) in [5.41, 5.74) is 1.01. The first kappa shape index (κ1) is 23.9. The predicted molar refractivity (Wildman–Crippen MR) is 130 cm³/mol. The fourth-order valence-electron chi connectivity index (χ4n) is 3.19. The summed E-state index contributed by atoms with van der Waals surface area (Å²) in [7, 11) is 0. The molecule has 4 rings (SSSR count). The zero-order chi connectivity index (χ0) is 24.4. The molecule has 1 aliphatic heterocycles. The molecule has 0 radical (unpaired) electrons. The van der Waals surface area contributed by atoms with E-state index in [1.165, 1.54) is 18.2 Å². The molecule has 6 nitrogen and oxygen atoms in total. The van der Waals surface area contributed by atoms with Gasteiger partial charge in [-0.25, -0.2) is 14.1 Å². The highest BCUT2D eigenvalue weighted by atomic mass is 79.9. The molecule has 172 valence electrons. The summed E-state index contributed by atoms with van der Waals surface area (Å²) in [4.78, 5) is 38.7. The average Bonchev–Trinajstić information content (AvgIpc) is 2.79. The van der Waals surface area contributed by atoms with Crippen LogP contribution in [0, 0.1) is 5.82 Å². The Bertz CT molecular complexity index is 1350. The molecule has 3 aromatic carbocycles. The van der Waals surface area contributed by atoms with Crippen molar-refractivity contribution in [2.45, 2.75) is 6.61 Å². The van der Waals surface area contributed by atoms with Crippen molar-refractivity contribution in [2.24, 2.45) is 0 Å². The van der Waals surface area contributed by atoms with Gasteiger partial charge in [-0.2, -0.15) is 0 Å². The largest absolute Gasteiger partial charge is 0.488 e. The number of hydrogen-bond acceptors (Lipinski definition) is 4. The third-order valence-corrected chi connectivity index (χ3v) is 6.07. The van der Waals surface area contributed by atoms with E-state index in [-0.39, 0.29) is 17.9 Å². The quantitative estimate of drug-likeness (QED) is 0.299.